The number of fused-ring (bicyclic) bond motifs is 1. The highest BCUT2D eigenvalue weighted by atomic mass is 32.2. The lowest BCUT2D eigenvalue weighted by atomic mass is 10.2. The molecule has 9 nitrogen and oxygen atoms in total. The highest BCUT2D eigenvalue weighted by molar-refractivity contribution is 7.89. The molecule has 0 N–H and O–H groups in total. The quantitative estimate of drug-likeness (QED) is 0.581. The fraction of sp³-hybridized carbons (Fsp3) is 0.526. The molecule has 3 heterocycles. The molecule has 0 atom stereocenters. The van der Waals surface area contributed by atoms with Crippen molar-refractivity contribution in [3.8, 4) is 0 Å². The number of likely N-dealkylation sites (N-methyl/N-ethyl adjacent to an activating group) is 1. The fourth-order valence-electron chi connectivity index (χ4n) is 3.17. The van der Waals surface area contributed by atoms with E-state index < -0.39 is 15.9 Å². The Hall–Kier alpha value is -2.02. The second-order valence-corrected chi connectivity index (χ2v) is 11.7. The molecule has 0 aromatic carbocycles. The van der Waals surface area contributed by atoms with E-state index in [2.05, 4.69) is 0 Å². The summed E-state index contributed by atoms with van der Waals surface area (Å²) in [4.78, 5) is 42.8. The first-order valence-corrected chi connectivity index (χ1v) is 13.1. The number of carbonyl (C=O) groups excluding carboxylic acids is 3. The lowest BCUT2D eigenvalue weighted by Gasteiger charge is -2.35. The molecular weight excluding hydrogens is 460 g/mol. The van der Waals surface area contributed by atoms with Gasteiger partial charge in [-0.05, 0) is 11.4 Å². The van der Waals surface area contributed by atoms with Crippen LogP contribution in [0, 0.1) is 0 Å². The van der Waals surface area contributed by atoms with Gasteiger partial charge in [-0.2, -0.15) is 11.3 Å². The molecule has 0 saturated carbocycles. The van der Waals surface area contributed by atoms with E-state index in [9.17, 15) is 22.8 Å². The predicted molar refractivity (Wildman–Crippen MR) is 122 cm³/mol. The van der Waals surface area contributed by atoms with Crippen LogP contribution in [0.3, 0.4) is 0 Å². The number of rotatable bonds is 7. The van der Waals surface area contributed by atoms with Crippen LogP contribution < -0.4 is 0 Å². The molecule has 0 aliphatic carbocycles. The summed E-state index contributed by atoms with van der Waals surface area (Å²) in [6, 6.07) is 1.91. The minimum absolute atomic E-state index is 0.0207. The van der Waals surface area contributed by atoms with Crippen molar-refractivity contribution in [1.82, 2.24) is 19.0 Å². The van der Waals surface area contributed by atoms with E-state index in [1.807, 2.05) is 16.8 Å². The summed E-state index contributed by atoms with van der Waals surface area (Å²) in [5, 5.41) is 5.13. The summed E-state index contributed by atoms with van der Waals surface area (Å²) in [6.45, 7) is 1.57. The largest absolute Gasteiger partial charge is 0.338 e. The van der Waals surface area contributed by atoms with Gasteiger partial charge in [-0.3, -0.25) is 14.4 Å². The minimum Gasteiger partial charge on any atom is -0.338 e. The van der Waals surface area contributed by atoms with E-state index in [-0.39, 0.29) is 30.5 Å². The van der Waals surface area contributed by atoms with Gasteiger partial charge in [-0.25, -0.2) is 12.7 Å². The summed E-state index contributed by atoms with van der Waals surface area (Å²) < 4.78 is 25.8. The molecule has 3 amide bonds. The number of nitrogens with zero attached hydrogens (tertiary/aromatic N) is 4. The van der Waals surface area contributed by atoms with Gasteiger partial charge < -0.3 is 14.7 Å². The second kappa shape index (κ2) is 9.63. The summed E-state index contributed by atoms with van der Waals surface area (Å²) in [5.41, 5.74) is 0. The van der Waals surface area contributed by atoms with Crippen LogP contribution in [0.25, 0.3) is 10.1 Å². The molecule has 0 unspecified atom stereocenters. The van der Waals surface area contributed by atoms with E-state index in [4.69, 9.17) is 0 Å². The van der Waals surface area contributed by atoms with Crippen LogP contribution >= 0.6 is 22.7 Å². The lowest BCUT2D eigenvalue weighted by Crippen LogP contribution is -2.52. The van der Waals surface area contributed by atoms with E-state index in [0.29, 0.717) is 31.1 Å². The molecule has 1 fully saturated rings. The van der Waals surface area contributed by atoms with Crippen molar-refractivity contribution in [2.75, 3.05) is 59.6 Å². The topological polar surface area (TPSA) is 98.3 Å². The molecular formula is C19H26N4O5S3. The molecule has 0 spiro atoms. The Morgan fingerprint density at radius 3 is 2.29 bits per heavy atom. The third-order valence-corrected chi connectivity index (χ3v) is 9.05. The van der Waals surface area contributed by atoms with Gasteiger partial charge in [0.15, 0.2) is 0 Å². The Kier molecular flexibility index (Phi) is 7.35. The number of amides is 3. The van der Waals surface area contributed by atoms with Crippen LogP contribution in [0.2, 0.25) is 0 Å². The molecule has 31 heavy (non-hydrogen) atoms. The molecule has 170 valence electrons. The van der Waals surface area contributed by atoms with Gasteiger partial charge in [-0.15, -0.1) is 11.3 Å². The SMILES string of the molecule is CN(CC(=O)N1CCN(C(=O)c2cc3cscc3s2)CC1)C(=O)CCS(=O)(=O)N(C)C. The van der Waals surface area contributed by atoms with Gasteiger partial charge in [0.2, 0.25) is 21.8 Å². The van der Waals surface area contributed by atoms with Crippen LogP contribution in [0.15, 0.2) is 16.8 Å². The van der Waals surface area contributed by atoms with E-state index in [1.54, 1.807) is 21.1 Å². The van der Waals surface area contributed by atoms with Crippen LogP contribution in [-0.4, -0.2) is 105 Å². The Balaban J connectivity index is 1.46. The molecule has 1 aliphatic heterocycles. The highest BCUT2D eigenvalue weighted by Gasteiger charge is 2.27. The van der Waals surface area contributed by atoms with Crippen LogP contribution in [0.1, 0.15) is 16.1 Å². The normalized spacial score (nSPS) is 15.0. The average Bonchev–Trinajstić information content (AvgIpc) is 3.33. The molecule has 12 heteroatoms. The Bertz CT molecular complexity index is 1040. The zero-order valence-electron chi connectivity index (χ0n) is 17.7. The minimum atomic E-state index is -3.46. The Morgan fingerprint density at radius 1 is 1.03 bits per heavy atom. The third kappa shape index (κ3) is 5.62. The number of carbonyl (C=O) groups is 3. The van der Waals surface area contributed by atoms with Crippen molar-refractivity contribution in [3.63, 3.8) is 0 Å². The zero-order chi connectivity index (χ0) is 22.8. The van der Waals surface area contributed by atoms with Crippen molar-refractivity contribution in [2.45, 2.75) is 6.42 Å². The van der Waals surface area contributed by atoms with Crippen molar-refractivity contribution in [3.05, 3.63) is 21.7 Å². The number of hydrogen-bond donors (Lipinski definition) is 0. The van der Waals surface area contributed by atoms with Gasteiger partial charge in [0.1, 0.15) is 0 Å². The van der Waals surface area contributed by atoms with Crippen LogP contribution in [-0.2, 0) is 19.6 Å². The van der Waals surface area contributed by atoms with Crippen LogP contribution in [0.4, 0.5) is 0 Å². The Labute approximate surface area is 189 Å². The van der Waals surface area contributed by atoms with E-state index >= 15 is 0 Å². The maximum atomic E-state index is 12.7. The second-order valence-electron chi connectivity index (χ2n) is 7.57. The molecule has 2 aromatic rings. The number of sulfonamides is 1. The summed E-state index contributed by atoms with van der Waals surface area (Å²) in [7, 11) is 0.858. The van der Waals surface area contributed by atoms with Crippen LogP contribution in [0.5, 0.6) is 0 Å². The van der Waals surface area contributed by atoms with E-state index in [0.717, 1.165) is 14.4 Å². The van der Waals surface area contributed by atoms with Crippen molar-refractivity contribution < 1.29 is 22.8 Å². The first-order valence-electron chi connectivity index (χ1n) is 9.75. The summed E-state index contributed by atoms with van der Waals surface area (Å²) >= 11 is 3.09. The van der Waals surface area contributed by atoms with Gasteiger partial charge in [0.05, 0.1) is 17.2 Å². The van der Waals surface area contributed by atoms with Crippen molar-refractivity contribution in [2.24, 2.45) is 0 Å². The summed E-state index contributed by atoms with van der Waals surface area (Å²) in [6.07, 6.45) is -0.176. The third-order valence-electron chi connectivity index (χ3n) is 5.22. The monoisotopic (exact) mass is 486 g/mol. The Morgan fingerprint density at radius 2 is 1.68 bits per heavy atom. The molecule has 2 aromatic heterocycles. The van der Waals surface area contributed by atoms with Gasteiger partial charge in [0, 0.05) is 69.2 Å². The molecule has 0 bridgehead atoms. The smallest absolute Gasteiger partial charge is 0.264 e. The number of hydrogen-bond acceptors (Lipinski definition) is 7. The maximum absolute atomic E-state index is 12.7. The number of thiophene rings is 2. The fourth-order valence-corrected chi connectivity index (χ4v) is 5.95. The first-order chi connectivity index (χ1) is 14.6. The number of piperazine rings is 1. The standard InChI is InChI=1S/C19H26N4O5S3/c1-20(2)31(27,28)9-4-17(24)21(3)11-18(25)22-5-7-23(8-6-22)19(26)15-10-14-12-29-13-16(14)30-15/h10,12-13H,4-9,11H2,1-3H3. The molecule has 3 rings (SSSR count). The van der Waals surface area contributed by atoms with Crippen molar-refractivity contribution in [1.29, 1.82) is 0 Å². The average molecular weight is 487 g/mol. The van der Waals surface area contributed by atoms with E-state index in [1.165, 1.54) is 37.4 Å². The highest BCUT2D eigenvalue weighted by Crippen LogP contribution is 2.29. The van der Waals surface area contributed by atoms with Gasteiger partial charge in [0.25, 0.3) is 5.91 Å². The lowest BCUT2D eigenvalue weighted by molar-refractivity contribution is -0.140. The molecule has 1 saturated heterocycles. The maximum Gasteiger partial charge on any atom is 0.264 e. The predicted octanol–water partition coefficient (Wildman–Crippen LogP) is 0.987. The molecule has 0 radical (unpaired) electrons. The first kappa shape index (κ1) is 23.6. The molecule has 1 aliphatic rings. The van der Waals surface area contributed by atoms with Gasteiger partial charge >= 0.3 is 0 Å². The van der Waals surface area contributed by atoms with Crippen molar-refractivity contribution >= 4 is 60.5 Å². The van der Waals surface area contributed by atoms with Gasteiger partial charge in [-0.1, -0.05) is 0 Å². The zero-order valence-corrected chi connectivity index (χ0v) is 20.2. The summed E-state index contributed by atoms with van der Waals surface area (Å²) in [5.74, 6) is -0.925.